The molecule has 32 heavy (non-hydrogen) atoms. The largest absolute Gasteiger partial charge is 0.457 e. The molecule has 0 spiro atoms. The fraction of sp³-hybridized carbons (Fsp3) is 0.200. The summed E-state index contributed by atoms with van der Waals surface area (Å²) in [6, 6.07) is 21.7. The van der Waals surface area contributed by atoms with E-state index in [9.17, 15) is 4.79 Å². The molecule has 0 radical (unpaired) electrons. The third kappa shape index (κ3) is 7.05. The Balaban J connectivity index is 1.57. The van der Waals surface area contributed by atoms with Crippen LogP contribution in [-0.4, -0.2) is 17.5 Å². The first-order chi connectivity index (χ1) is 15.2. The smallest absolute Gasteiger partial charge is 0.407 e. The van der Waals surface area contributed by atoms with Gasteiger partial charge in [0.25, 0.3) is 0 Å². The standard InChI is InChI=1S/C25H27N3O4/c1-25(2,3)32-24(29)28-16-17-7-11-19(12-8-17)30-21-5-4-6-22(15-21)31-20-13-9-18(10-14-20)23(26)27/h4-15H,16H2,1-3H3,(H3,26,27)(H,28,29). The number of hydrogen-bond acceptors (Lipinski definition) is 5. The first-order valence-electron chi connectivity index (χ1n) is 10.1. The van der Waals surface area contributed by atoms with Crippen LogP contribution in [0.1, 0.15) is 31.9 Å². The van der Waals surface area contributed by atoms with E-state index in [4.69, 9.17) is 25.4 Å². The van der Waals surface area contributed by atoms with E-state index in [1.807, 2.05) is 63.2 Å². The molecule has 7 nitrogen and oxygen atoms in total. The van der Waals surface area contributed by atoms with Gasteiger partial charge in [0.05, 0.1) is 0 Å². The SMILES string of the molecule is CC(C)(C)OC(=O)NCc1ccc(Oc2cccc(Oc3ccc(C(=N)N)cc3)c2)cc1. The lowest BCUT2D eigenvalue weighted by Gasteiger charge is -2.19. The summed E-state index contributed by atoms with van der Waals surface area (Å²) in [5.41, 5.74) is 6.51. The third-order valence-electron chi connectivity index (χ3n) is 4.20. The number of hydrogen-bond donors (Lipinski definition) is 3. The van der Waals surface area contributed by atoms with E-state index in [0.717, 1.165) is 5.56 Å². The van der Waals surface area contributed by atoms with Crippen molar-refractivity contribution in [3.63, 3.8) is 0 Å². The second-order valence-corrected chi connectivity index (χ2v) is 8.12. The van der Waals surface area contributed by atoms with Crippen molar-refractivity contribution in [3.05, 3.63) is 83.9 Å². The normalized spacial score (nSPS) is 10.8. The van der Waals surface area contributed by atoms with Gasteiger partial charge in [0, 0.05) is 18.2 Å². The monoisotopic (exact) mass is 433 g/mol. The number of benzene rings is 3. The molecule has 0 aliphatic rings. The maximum Gasteiger partial charge on any atom is 0.407 e. The van der Waals surface area contributed by atoms with E-state index in [2.05, 4.69) is 5.32 Å². The first-order valence-corrected chi connectivity index (χ1v) is 10.1. The van der Waals surface area contributed by atoms with Crippen LogP contribution in [0.2, 0.25) is 0 Å². The molecule has 4 N–H and O–H groups in total. The van der Waals surface area contributed by atoms with Gasteiger partial charge in [-0.2, -0.15) is 0 Å². The molecule has 0 heterocycles. The van der Waals surface area contributed by atoms with Crippen LogP contribution < -0.4 is 20.5 Å². The lowest BCUT2D eigenvalue weighted by molar-refractivity contribution is 0.0523. The van der Waals surface area contributed by atoms with Crippen molar-refractivity contribution in [1.29, 1.82) is 5.41 Å². The Labute approximate surface area is 187 Å². The Morgan fingerprint density at radius 1 is 0.875 bits per heavy atom. The fourth-order valence-electron chi connectivity index (χ4n) is 2.74. The number of rotatable bonds is 7. The predicted octanol–water partition coefficient (Wildman–Crippen LogP) is 5.58. The number of nitrogen functional groups attached to an aromatic ring is 1. The van der Waals surface area contributed by atoms with Gasteiger partial charge in [-0.3, -0.25) is 5.41 Å². The molecule has 7 heteroatoms. The Bertz CT molecular complexity index is 1070. The highest BCUT2D eigenvalue weighted by molar-refractivity contribution is 5.94. The average molecular weight is 434 g/mol. The van der Waals surface area contributed by atoms with Crippen molar-refractivity contribution in [2.24, 2.45) is 5.73 Å². The molecule has 3 aromatic carbocycles. The Kier molecular flexibility index (Phi) is 7.00. The van der Waals surface area contributed by atoms with Gasteiger partial charge in [0.15, 0.2) is 0 Å². The molecule has 0 unspecified atom stereocenters. The number of alkyl carbamates (subject to hydrolysis) is 1. The van der Waals surface area contributed by atoms with Crippen LogP contribution in [0, 0.1) is 5.41 Å². The molecule has 0 saturated heterocycles. The summed E-state index contributed by atoms with van der Waals surface area (Å²) in [6.07, 6.45) is -0.453. The van der Waals surface area contributed by atoms with Gasteiger partial charge in [-0.15, -0.1) is 0 Å². The number of amidine groups is 1. The second-order valence-electron chi connectivity index (χ2n) is 8.12. The number of carbonyl (C=O) groups is 1. The molecular formula is C25H27N3O4. The Morgan fingerprint density at radius 3 is 1.91 bits per heavy atom. The predicted molar refractivity (Wildman–Crippen MR) is 124 cm³/mol. The van der Waals surface area contributed by atoms with Crippen molar-refractivity contribution < 1.29 is 19.0 Å². The molecular weight excluding hydrogens is 406 g/mol. The molecule has 3 aromatic rings. The van der Waals surface area contributed by atoms with Crippen LogP contribution >= 0.6 is 0 Å². The maximum absolute atomic E-state index is 11.8. The summed E-state index contributed by atoms with van der Waals surface area (Å²) in [7, 11) is 0. The molecule has 0 aliphatic heterocycles. The number of ether oxygens (including phenoxy) is 3. The summed E-state index contributed by atoms with van der Waals surface area (Å²) in [5.74, 6) is 2.56. The summed E-state index contributed by atoms with van der Waals surface area (Å²) in [4.78, 5) is 11.8. The van der Waals surface area contributed by atoms with E-state index in [1.165, 1.54) is 0 Å². The van der Waals surface area contributed by atoms with Gasteiger partial charge >= 0.3 is 6.09 Å². The van der Waals surface area contributed by atoms with Gasteiger partial charge < -0.3 is 25.3 Å². The molecule has 1 amide bonds. The quantitative estimate of drug-likeness (QED) is 0.333. The molecule has 0 bridgehead atoms. The minimum Gasteiger partial charge on any atom is -0.457 e. The van der Waals surface area contributed by atoms with E-state index in [1.54, 1.807) is 30.3 Å². The van der Waals surface area contributed by atoms with Crippen LogP contribution in [0.15, 0.2) is 72.8 Å². The summed E-state index contributed by atoms with van der Waals surface area (Å²) in [6.45, 7) is 5.83. The third-order valence-corrected chi connectivity index (χ3v) is 4.20. The van der Waals surface area contributed by atoms with Gasteiger partial charge in [0.1, 0.15) is 34.4 Å². The van der Waals surface area contributed by atoms with E-state index in [0.29, 0.717) is 35.1 Å². The molecule has 0 atom stereocenters. The van der Waals surface area contributed by atoms with Crippen molar-refractivity contribution in [2.75, 3.05) is 0 Å². The van der Waals surface area contributed by atoms with Crippen LogP contribution in [-0.2, 0) is 11.3 Å². The van der Waals surface area contributed by atoms with Crippen LogP contribution in [0.3, 0.4) is 0 Å². The maximum atomic E-state index is 11.8. The number of carbonyl (C=O) groups excluding carboxylic acids is 1. The second kappa shape index (κ2) is 9.87. The summed E-state index contributed by atoms with van der Waals surface area (Å²) < 4.78 is 17.0. The van der Waals surface area contributed by atoms with Crippen molar-refractivity contribution in [1.82, 2.24) is 5.32 Å². The van der Waals surface area contributed by atoms with Crippen molar-refractivity contribution >= 4 is 11.9 Å². The van der Waals surface area contributed by atoms with Crippen LogP contribution in [0.25, 0.3) is 0 Å². The zero-order valence-electron chi connectivity index (χ0n) is 18.3. The number of nitrogens with two attached hydrogens (primary N) is 1. The fourth-order valence-corrected chi connectivity index (χ4v) is 2.74. The Hall–Kier alpha value is -4.00. The molecule has 0 aromatic heterocycles. The molecule has 0 saturated carbocycles. The van der Waals surface area contributed by atoms with E-state index in [-0.39, 0.29) is 5.84 Å². The van der Waals surface area contributed by atoms with E-state index >= 15 is 0 Å². The lowest BCUT2D eigenvalue weighted by atomic mass is 10.2. The summed E-state index contributed by atoms with van der Waals surface area (Å²) in [5, 5.41) is 10.2. The lowest BCUT2D eigenvalue weighted by Crippen LogP contribution is -2.32. The zero-order chi connectivity index (χ0) is 23.1. The molecule has 166 valence electrons. The van der Waals surface area contributed by atoms with Gasteiger partial charge in [-0.05, 0) is 74.9 Å². The van der Waals surface area contributed by atoms with Crippen molar-refractivity contribution in [2.45, 2.75) is 32.9 Å². The zero-order valence-corrected chi connectivity index (χ0v) is 18.3. The molecule has 0 aliphatic carbocycles. The minimum atomic E-state index is -0.530. The number of amides is 1. The molecule has 3 rings (SSSR count). The first kappa shape index (κ1) is 22.7. The highest BCUT2D eigenvalue weighted by Crippen LogP contribution is 2.28. The Morgan fingerprint density at radius 2 is 1.41 bits per heavy atom. The summed E-state index contributed by atoms with van der Waals surface area (Å²) >= 11 is 0. The van der Waals surface area contributed by atoms with Gasteiger partial charge in [0.2, 0.25) is 0 Å². The number of nitrogens with one attached hydrogen (secondary N) is 2. The molecule has 0 fully saturated rings. The highest BCUT2D eigenvalue weighted by Gasteiger charge is 2.15. The van der Waals surface area contributed by atoms with Crippen LogP contribution in [0.4, 0.5) is 4.79 Å². The van der Waals surface area contributed by atoms with Crippen molar-refractivity contribution in [3.8, 4) is 23.0 Å². The van der Waals surface area contributed by atoms with E-state index < -0.39 is 11.7 Å². The highest BCUT2D eigenvalue weighted by atomic mass is 16.6. The van der Waals surface area contributed by atoms with Gasteiger partial charge in [-0.1, -0.05) is 18.2 Å². The minimum absolute atomic E-state index is 0.0126. The van der Waals surface area contributed by atoms with Gasteiger partial charge in [-0.25, -0.2) is 4.79 Å². The van der Waals surface area contributed by atoms with Crippen LogP contribution in [0.5, 0.6) is 23.0 Å². The topological polar surface area (TPSA) is 107 Å². The average Bonchev–Trinajstić information content (AvgIpc) is 2.73.